The van der Waals surface area contributed by atoms with Gasteiger partial charge in [-0.25, -0.2) is 0 Å². The maximum atomic E-state index is 12.1. The van der Waals surface area contributed by atoms with Gasteiger partial charge in [0.15, 0.2) is 0 Å². The summed E-state index contributed by atoms with van der Waals surface area (Å²) in [5.41, 5.74) is 6.41. The third-order valence-corrected chi connectivity index (χ3v) is 2.73. The summed E-state index contributed by atoms with van der Waals surface area (Å²) in [6.07, 6.45) is 0. The second-order valence-corrected chi connectivity index (χ2v) is 4.17. The fourth-order valence-corrected chi connectivity index (χ4v) is 1.69. The van der Waals surface area contributed by atoms with Gasteiger partial charge in [0, 0.05) is 19.3 Å². The lowest BCUT2D eigenvalue weighted by Gasteiger charge is -2.18. The number of ether oxygens (including phenoxy) is 1. The van der Waals surface area contributed by atoms with Crippen molar-refractivity contribution in [2.75, 3.05) is 39.1 Å². The summed E-state index contributed by atoms with van der Waals surface area (Å²) in [5.74, 6) is -0.245. The first-order valence-corrected chi connectivity index (χ1v) is 5.93. The number of aliphatic hydroxyl groups is 1. The zero-order valence-electron chi connectivity index (χ0n) is 10.2. The topological polar surface area (TPSA) is 75.8 Å². The molecule has 6 heteroatoms. The third-order valence-electron chi connectivity index (χ3n) is 2.41. The molecule has 0 bridgehead atoms. The number of rotatable bonds is 6. The number of hydrogen-bond donors (Lipinski definition) is 2. The van der Waals surface area contributed by atoms with Gasteiger partial charge < -0.3 is 20.5 Å². The van der Waals surface area contributed by atoms with Crippen LogP contribution in [0.1, 0.15) is 10.4 Å². The van der Waals surface area contributed by atoms with Crippen molar-refractivity contribution in [1.29, 1.82) is 0 Å². The van der Waals surface area contributed by atoms with Crippen LogP contribution in [0.3, 0.4) is 0 Å². The van der Waals surface area contributed by atoms with Gasteiger partial charge in [-0.3, -0.25) is 4.79 Å². The fourth-order valence-electron chi connectivity index (χ4n) is 1.43. The van der Waals surface area contributed by atoms with E-state index < -0.39 is 0 Å². The number of halogens is 1. The normalized spacial score (nSPS) is 10.4. The van der Waals surface area contributed by atoms with Gasteiger partial charge in [0.05, 0.1) is 30.4 Å². The minimum Gasteiger partial charge on any atom is -0.398 e. The van der Waals surface area contributed by atoms with E-state index in [2.05, 4.69) is 0 Å². The van der Waals surface area contributed by atoms with Crippen molar-refractivity contribution < 1.29 is 14.6 Å². The lowest BCUT2D eigenvalue weighted by Crippen LogP contribution is -2.31. The van der Waals surface area contributed by atoms with Gasteiger partial charge in [-0.1, -0.05) is 17.7 Å². The Morgan fingerprint density at radius 3 is 2.83 bits per heavy atom. The predicted octanol–water partition coefficient (Wildman–Crippen LogP) is 1.00. The summed E-state index contributed by atoms with van der Waals surface area (Å²) < 4.78 is 5.09. The minimum absolute atomic E-state index is 0.0326. The van der Waals surface area contributed by atoms with Gasteiger partial charge in [-0.2, -0.15) is 0 Å². The zero-order valence-corrected chi connectivity index (χ0v) is 11.0. The van der Waals surface area contributed by atoms with E-state index in [9.17, 15) is 4.79 Å². The van der Waals surface area contributed by atoms with E-state index >= 15 is 0 Å². The Morgan fingerprint density at radius 2 is 2.22 bits per heavy atom. The number of aliphatic hydroxyl groups excluding tert-OH is 1. The number of likely N-dealkylation sites (N-methyl/N-ethyl adjacent to an activating group) is 1. The van der Waals surface area contributed by atoms with Crippen LogP contribution in [0.4, 0.5) is 5.69 Å². The molecule has 1 aromatic rings. The molecule has 0 aliphatic carbocycles. The highest BCUT2D eigenvalue weighted by atomic mass is 35.5. The van der Waals surface area contributed by atoms with Crippen LogP contribution in [-0.2, 0) is 4.74 Å². The Bertz CT molecular complexity index is 392. The number of anilines is 1. The van der Waals surface area contributed by atoms with Crippen molar-refractivity contribution in [1.82, 2.24) is 4.90 Å². The van der Waals surface area contributed by atoms with E-state index in [1.807, 2.05) is 0 Å². The highest BCUT2D eigenvalue weighted by molar-refractivity contribution is 6.34. The van der Waals surface area contributed by atoms with Crippen LogP contribution in [0.25, 0.3) is 0 Å². The molecule has 5 nitrogen and oxygen atoms in total. The molecule has 0 aliphatic rings. The van der Waals surface area contributed by atoms with E-state index in [0.717, 1.165) is 0 Å². The first kappa shape index (κ1) is 14.8. The first-order chi connectivity index (χ1) is 8.57. The van der Waals surface area contributed by atoms with E-state index in [1.165, 1.54) is 4.90 Å². The number of nitrogens with zero attached hydrogens (tertiary/aromatic N) is 1. The van der Waals surface area contributed by atoms with Crippen LogP contribution < -0.4 is 5.73 Å². The second-order valence-electron chi connectivity index (χ2n) is 3.77. The molecule has 1 amide bonds. The summed E-state index contributed by atoms with van der Waals surface area (Å²) in [5, 5.41) is 8.89. The summed E-state index contributed by atoms with van der Waals surface area (Å²) in [6, 6.07) is 4.95. The Balaban J connectivity index is 2.63. The molecule has 1 aromatic carbocycles. The molecule has 0 unspecified atom stereocenters. The average molecular weight is 273 g/mol. The molecular weight excluding hydrogens is 256 g/mol. The van der Waals surface area contributed by atoms with Crippen molar-refractivity contribution >= 4 is 23.2 Å². The van der Waals surface area contributed by atoms with Crippen LogP contribution in [0.2, 0.25) is 5.02 Å². The van der Waals surface area contributed by atoms with E-state index in [1.54, 1.807) is 25.2 Å². The molecular formula is C12H17ClN2O3. The average Bonchev–Trinajstić information content (AvgIpc) is 2.34. The molecule has 100 valence electrons. The lowest BCUT2D eigenvalue weighted by molar-refractivity contribution is 0.0619. The summed E-state index contributed by atoms with van der Waals surface area (Å²) in [4.78, 5) is 13.6. The molecule has 0 atom stereocenters. The van der Waals surface area contributed by atoms with Gasteiger partial charge in [-0.05, 0) is 12.1 Å². The van der Waals surface area contributed by atoms with Crippen molar-refractivity contribution in [2.24, 2.45) is 0 Å². The van der Waals surface area contributed by atoms with Crippen LogP contribution in [0, 0.1) is 0 Å². The zero-order chi connectivity index (χ0) is 13.5. The minimum atomic E-state index is -0.245. The fraction of sp³-hybridized carbons (Fsp3) is 0.417. The van der Waals surface area contributed by atoms with E-state index in [-0.39, 0.29) is 19.1 Å². The number of carbonyl (C=O) groups is 1. The smallest absolute Gasteiger partial charge is 0.257 e. The van der Waals surface area contributed by atoms with Gasteiger partial charge in [0.25, 0.3) is 5.91 Å². The molecule has 0 aliphatic heterocycles. The molecule has 1 rings (SSSR count). The number of benzene rings is 1. The second kappa shape index (κ2) is 7.20. The largest absolute Gasteiger partial charge is 0.398 e. The van der Waals surface area contributed by atoms with E-state index in [4.69, 9.17) is 27.2 Å². The van der Waals surface area contributed by atoms with Crippen LogP contribution in [0.15, 0.2) is 18.2 Å². The molecule has 0 heterocycles. The maximum absolute atomic E-state index is 12.1. The van der Waals surface area contributed by atoms with Gasteiger partial charge >= 0.3 is 0 Å². The Kier molecular flexibility index (Phi) is 5.91. The number of amides is 1. The van der Waals surface area contributed by atoms with E-state index in [0.29, 0.717) is 29.4 Å². The molecule has 0 saturated heterocycles. The molecule has 0 radical (unpaired) electrons. The van der Waals surface area contributed by atoms with Crippen molar-refractivity contribution in [2.45, 2.75) is 0 Å². The SMILES string of the molecule is CN(CCOCCO)C(=O)c1c(N)cccc1Cl. The lowest BCUT2D eigenvalue weighted by atomic mass is 10.1. The molecule has 0 fully saturated rings. The van der Waals surface area contributed by atoms with Crippen LogP contribution in [0.5, 0.6) is 0 Å². The highest BCUT2D eigenvalue weighted by Crippen LogP contribution is 2.23. The Hall–Kier alpha value is -1.30. The Labute approximate surface area is 111 Å². The summed E-state index contributed by atoms with van der Waals surface area (Å²) in [7, 11) is 1.65. The molecule has 0 spiro atoms. The van der Waals surface area contributed by atoms with Gasteiger partial charge in [-0.15, -0.1) is 0 Å². The maximum Gasteiger partial charge on any atom is 0.257 e. The highest BCUT2D eigenvalue weighted by Gasteiger charge is 2.17. The van der Waals surface area contributed by atoms with Crippen molar-refractivity contribution in [3.8, 4) is 0 Å². The van der Waals surface area contributed by atoms with Crippen molar-refractivity contribution in [3.05, 3.63) is 28.8 Å². The summed E-state index contributed by atoms with van der Waals surface area (Å²) >= 11 is 5.96. The third kappa shape index (κ3) is 3.87. The number of carbonyl (C=O) groups excluding carboxylic acids is 1. The van der Waals surface area contributed by atoms with Crippen LogP contribution >= 0.6 is 11.6 Å². The molecule has 0 aromatic heterocycles. The molecule has 0 saturated carbocycles. The predicted molar refractivity (Wildman–Crippen MR) is 70.7 cm³/mol. The number of nitrogen functional groups attached to an aromatic ring is 1. The molecule has 3 N–H and O–H groups in total. The monoisotopic (exact) mass is 272 g/mol. The van der Waals surface area contributed by atoms with Gasteiger partial charge in [0.1, 0.15) is 0 Å². The summed E-state index contributed by atoms with van der Waals surface area (Å²) in [6.45, 7) is 0.988. The number of hydrogen-bond acceptors (Lipinski definition) is 4. The van der Waals surface area contributed by atoms with Crippen molar-refractivity contribution in [3.63, 3.8) is 0 Å². The molecule has 18 heavy (non-hydrogen) atoms. The number of nitrogens with two attached hydrogens (primary N) is 1. The standard InChI is InChI=1S/C12H17ClN2O3/c1-15(5-7-18-8-6-16)12(17)11-9(13)3-2-4-10(11)14/h2-4,16H,5-8,14H2,1H3. The van der Waals surface area contributed by atoms with Crippen LogP contribution in [-0.4, -0.2) is 49.3 Å². The quantitative estimate of drug-likeness (QED) is 0.598. The first-order valence-electron chi connectivity index (χ1n) is 5.56. The van der Waals surface area contributed by atoms with Gasteiger partial charge in [0.2, 0.25) is 0 Å². The Morgan fingerprint density at radius 1 is 1.50 bits per heavy atom.